The number of ether oxygens (including phenoxy) is 1. The summed E-state index contributed by atoms with van der Waals surface area (Å²) in [6.07, 6.45) is 0. The van der Waals surface area contributed by atoms with Crippen LogP contribution in [0.15, 0.2) is 53.1 Å². The van der Waals surface area contributed by atoms with Crippen LogP contribution in [0.5, 0.6) is 5.75 Å². The van der Waals surface area contributed by atoms with Crippen LogP contribution in [0.2, 0.25) is 5.02 Å². The van der Waals surface area contributed by atoms with E-state index in [0.29, 0.717) is 24.0 Å². The Morgan fingerprint density at radius 2 is 1.72 bits per heavy atom. The van der Waals surface area contributed by atoms with Crippen molar-refractivity contribution in [3.63, 3.8) is 0 Å². The normalized spacial score (nSPS) is 15.5. The third-order valence-corrected chi connectivity index (χ3v) is 5.05. The summed E-state index contributed by atoms with van der Waals surface area (Å²) in [5.41, 5.74) is 1.23. The van der Waals surface area contributed by atoms with Crippen molar-refractivity contribution in [2.45, 2.75) is 19.7 Å². The second-order valence-electron chi connectivity index (χ2n) is 7.03. The highest BCUT2D eigenvalue weighted by Crippen LogP contribution is 2.15. The predicted octanol–water partition coefficient (Wildman–Crippen LogP) is 3.76. The molecular formula is C21H22ClFN4O2. The lowest BCUT2D eigenvalue weighted by molar-refractivity contribution is 0.112. The molecule has 0 aliphatic carbocycles. The first-order valence-electron chi connectivity index (χ1n) is 9.53. The van der Waals surface area contributed by atoms with Gasteiger partial charge in [0.25, 0.3) is 0 Å². The monoisotopic (exact) mass is 416 g/mol. The maximum atomic E-state index is 12.9. The van der Waals surface area contributed by atoms with Crippen LogP contribution in [-0.2, 0) is 19.7 Å². The fourth-order valence-electron chi connectivity index (χ4n) is 3.28. The molecule has 2 aromatic carbocycles. The Kier molecular flexibility index (Phi) is 6.39. The molecule has 0 saturated carbocycles. The molecule has 0 unspecified atom stereocenters. The van der Waals surface area contributed by atoms with E-state index in [-0.39, 0.29) is 12.4 Å². The lowest BCUT2D eigenvalue weighted by Gasteiger charge is -2.33. The van der Waals surface area contributed by atoms with Crippen LogP contribution in [0, 0.1) is 5.82 Å². The number of piperazine rings is 1. The molecule has 0 amide bonds. The zero-order valence-corrected chi connectivity index (χ0v) is 16.7. The molecule has 6 nitrogen and oxygen atoms in total. The fraction of sp³-hybridized carbons (Fsp3) is 0.333. The third-order valence-electron chi connectivity index (χ3n) is 4.81. The molecular weight excluding hydrogens is 395 g/mol. The Morgan fingerprint density at radius 3 is 2.45 bits per heavy atom. The first kappa shape index (κ1) is 19.8. The molecule has 4 rings (SSSR count). The average Bonchev–Trinajstić information content (AvgIpc) is 3.16. The SMILES string of the molecule is Fc1ccc(OCc2noc(CN3CCN(Cc4cccc(Cl)c4)CC3)n2)cc1. The summed E-state index contributed by atoms with van der Waals surface area (Å²) in [6, 6.07) is 13.8. The summed E-state index contributed by atoms with van der Waals surface area (Å²) < 4.78 is 23.8. The van der Waals surface area contributed by atoms with Crippen LogP contribution in [0.1, 0.15) is 17.3 Å². The second-order valence-corrected chi connectivity index (χ2v) is 7.47. The molecule has 1 aliphatic rings. The first-order chi connectivity index (χ1) is 14.1. The molecule has 29 heavy (non-hydrogen) atoms. The number of benzene rings is 2. The van der Waals surface area contributed by atoms with Crippen molar-refractivity contribution in [2.75, 3.05) is 26.2 Å². The lowest BCUT2D eigenvalue weighted by Crippen LogP contribution is -2.45. The van der Waals surface area contributed by atoms with Gasteiger partial charge in [0.1, 0.15) is 11.6 Å². The van der Waals surface area contributed by atoms with E-state index in [1.54, 1.807) is 12.1 Å². The molecule has 0 bridgehead atoms. The minimum absolute atomic E-state index is 0.183. The number of nitrogens with zero attached hydrogens (tertiary/aromatic N) is 4. The first-order valence-corrected chi connectivity index (χ1v) is 9.91. The number of hydrogen-bond acceptors (Lipinski definition) is 6. The van der Waals surface area contributed by atoms with Gasteiger partial charge in [-0.15, -0.1) is 0 Å². The molecule has 0 N–H and O–H groups in total. The zero-order valence-electron chi connectivity index (χ0n) is 15.9. The van der Waals surface area contributed by atoms with Gasteiger partial charge in [0.15, 0.2) is 6.61 Å². The van der Waals surface area contributed by atoms with Crippen molar-refractivity contribution in [1.29, 1.82) is 0 Å². The van der Waals surface area contributed by atoms with Crippen molar-refractivity contribution in [3.05, 3.63) is 76.6 Å². The van der Waals surface area contributed by atoms with Crippen LogP contribution in [-0.4, -0.2) is 46.1 Å². The molecule has 1 fully saturated rings. The second kappa shape index (κ2) is 9.35. The summed E-state index contributed by atoms with van der Waals surface area (Å²) in [6.45, 7) is 5.52. The van der Waals surface area contributed by atoms with Crippen LogP contribution < -0.4 is 4.74 Å². The molecule has 3 aromatic rings. The van der Waals surface area contributed by atoms with Crippen molar-refractivity contribution in [3.8, 4) is 5.75 Å². The van der Waals surface area contributed by atoms with Crippen molar-refractivity contribution in [2.24, 2.45) is 0 Å². The summed E-state index contributed by atoms with van der Waals surface area (Å²) in [5.74, 6) is 1.32. The highest BCUT2D eigenvalue weighted by molar-refractivity contribution is 6.30. The third kappa shape index (κ3) is 5.76. The zero-order chi connectivity index (χ0) is 20.1. The van der Waals surface area contributed by atoms with Crippen LogP contribution in [0.25, 0.3) is 0 Å². The number of rotatable bonds is 7. The van der Waals surface area contributed by atoms with Gasteiger partial charge < -0.3 is 9.26 Å². The average molecular weight is 417 g/mol. The summed E-state index contributed by atoms with van der Waals surface area (Å²) in [7, 11) is 0. The van der Waals surface area contributed by atoms with E-state index in [2.05, 4.69) is 26.0 Å². The van der Waals surface area contributed by atoms with Crippen LogP contribution >= 0.6 is 11.6 Å². The Bertz CT molecular complexity index is 926. The van der Waals surface area contributed by atoms with E-state index in [1.165, 1.54) is 17.7 Å². The lowest BCUT2D eigenvalue weighted by atomic mass is 10.2. The van der Waals surface area contributed by atoms with Crippen molar-refractivity contribution in [1.82, 2.24) is 19.9 Å². The van der Waals surface area contributed by atoms with Gasteiger partial charge in [-0.3, -0.25) is 9.80 Å². The van der Waals surface area contributed by atoms with Crippen molar-refractivity contribution >= 4 is 11.6 Å². The molecule has 2 heterocycles. The summed E-state index contributed by atoms with van der Waals surface area (Å²) in [4.78, 5) is 9.10. The highest BCUT2D eigenvalue weighted by atomic mass is 35.5. The minimum Gasteiger partial charge on any atom is -0.485 e. The Labute approximate surface area is 173 Å². The van der Waals surface area contributed by atoms with Gasteiger partial charge >= 0.3 is 0 Å². The van der Waals surface area contributed by atoms with E-state index in [0.717, 1.165) is 37.7 Å². The molecule has 1 aromatic heterocycles. The number of hydrogen-bond donors (Lipinski definition) is 0. The molecule has 0 atom stereocenters. The maximum absolute atomic E-state index is 12.9. The maximum Gasteiger partial charge on any atom is 0.240 e. The largest absolute Gasteiger partial charge is 0.485 e. The standard InChI is InChI=1S/C21H22ClFN4O2/c22-17-3-1-2-16(12-17)13-26-8-10-27(11-9-26)14-21-24-20(25-29-21)15-28-19-6-4-18(23)5-7-19/h1-7,12H,8-11,13-15H2. The smallest absolute Gasteiger partial charge is 0.240 e. The van der Waals surface area contributed by atoms with Gasteiger partial charge in [-0.2, -0.15) is 4.98 Å². The minimum atomic E-state index is -0.299. The summed E-state index contributed by atoms with van der Waals surface area (Å²) in [5, 5.41) is 4.73. The molecule has 152 valence electrons. The van der Waals surface area contributed by atoms with Gasteiger partial charge in [0.2, 0.25) is 11.7 Å². The molecule has 0 spiro atoms. The van der Waals surface area contributed by atoms with Gasteiger partial charge in [-0.05, 0) is 42.0 Å². The number of halogens is 2. The predicted molar refractivity (Wildman–Crippen MR) is 107 cm³/mol. The topological polar surface area (TPSA) is 54.6 Å². The molecule has 8 heteroatoms. The fourth-order valence-corrected chi connectivity index (χ4v) is 3.49. The Hall–Kier alpha value is -2.48. The van der Waals surface area contributed by atoms with E-state index in [9.17, 15) is 4.39 Å². The van der Waals surface area contributed by atoms with Gasteiger partial charge in [-0.25, -0.2) is 4.39 Å². The van der Waals surface area contributed by atoms with Gasteiger partial charge in [0.05, 0.1) is 6.54 Å². The summed E-state index contributed by atoms with van der Waals surface area (Å²) >= 11 is 6.07. The van der Waals surface area contributed by atoms with Crippen LogP contribution in [0.4, 0.5) is 4.39 Å². The van der Waals surface area contributed by atoms with Crippen LogP contribution in [0.3, 0.4) is 0 Å². The number of aromatic nitrogens is 2. The van der Waals surface area contributed by atoms with E-state index < -0.39 is 0 Å². The van der Waals surface area contributed by atoms with E-state index >= 15 is 0 Å². The quantitative estimate of drug-likeness (QED) is 0.584. The molecule has 0 radical (unpaired) electrons. The Balaban J connectivity index is 1.22. The van der Waals surface area contributed by atoms with Gasteiger partial charge in [0, 0.05) is 37.7 Å². The van der Waals surface area contributed by atoms with Crippen molar-refractivity contribution < 1.29 is 13.7 Å². The van der Waals surface area contributed by atoms with Gasteiger partial charge in [-0.1, -0.05) is 28.9 Å². The van der Waals surface area contributed by atoms with E-state index in [1.807, 2.05) is 18.2 Å². The highest BCUT2D eigenvalue weighted by Gasteiger charge is 2.19. The molecule has 1 aliphatic heterocycles. The molecule has 1 saturated heterocycles. The Morgan fingerprint density at radius 1 is 1.00 bits per heavy atom. The van der Waals surface area contributed by atoms with E-state index in [4.69, 9.17) is 20.9 Å².